The van der Waals surface area contributed by atoms with Gasteiger partial charge in [-0.2, -0.15) is 0 Å². The molecule has 36 heavy (non-hydrogen) atoms. The Morgan fingerprint density at radius 3 is 2.78 bits per heavy atom. The van der Waals surface area contributed by atoms with E-state index in [1.165, 1.54) is 25.1 Å². The Hall–Kier alpha value is -3.98. The molecule has 2 atom stereocenters. The number of benzene rings is 2. The number of rotatable bonds is 7. The van der Waals surface area contributed by atoms with Gasteiger partial charge in [0.2, 0.25) is 0 Å². The molecule has 10 heteroatoms. The van der Waals surface area contributed by atoms with Gasteiger partial charge in [0, 0.05) is 40.5 Å². The second-order valence-electron chi connectivity index (χ2n) is 8.87. The average molecular weight is 510 g/mol. The highest BCUT2D eigenvalue weighted by Crippen LogP contribution is 2.35. The highest BCUT2D eigenvalue weighted by molar-refractivity contribution is 6.32. The molecule has 1 amide bonds. The first kappa shape index (κ1) is 23.7. The lowest BCUT2D eigenvalue weighted by atomic mass is 10.0. The molecule has 4 aromatic rings. The molecule has 2 heterocycles. The van der Waals surface area contributed by atoms with E-state index < -0.39 is 29.6 Å². The lowest BCUT2D eigenvalue weighted by Gasteiger charge is -2.22. The minimum atomic E-state index is -1.47. The summed E-state index contributed by atoms with van der Waals surface area (Å²) >= 11 is 6.41. The number of aromatic nitrogens is 1. The molecule has 9 nitrogen and oxygen atoms in total. The molecular weight excluding hydrogens is 488 g/mol. The lowest BCUT2D eigenvalue weighted by Crippen LogP contribution is -2.52. The van der Waals surface area contributed by atoms with Crippen LogP contribution in [0.25, 0.3) is 21.9 Å². The van der Waals surface area contributed by atoms with Crippen LogP contribution in [0.1, 0.15) is 30.0 Å². The summed E-state index contributed by atoms with van der Waals surface area (Å²) in [6.45, 7) is 1.45. The minimum Gasteiger partial charge on any atom is -0.548 e. The number of aryl methyl sites for hydroxylation is 1. The number of carbonyl (C=O) groups is 2. The van der Waals surface area contributed by atoms with Crippen molar-refractivity contribution in [2.75, 3.05) is 0 Å². The maximum Gasteiger partial charge on any atom is 0.339 e. The van der Waals surface area contributed by atoms with E-state index in [0.717, 1.165) is 23.8 Å². The van der Waals surface area contributed by atoms with Crippen molar-refractivity contribution in [3.63, 3.8) is 0 Å². The zero-order valence-electron chi connectivity index (χ0n) is 19.2. The van der Waals surface area contributed by atoms with Gasteiger partial charge in [-0.1, -0.05) is 11.6 Å². The average Bonchev–Trinajstić information content (AvgIpc) is 3.47. The van der Waals surface area contributed by atoms with Gasteiger partial charge in [-0.05, 0) is 61.6 Å². The summed E-state index contributed by atoms with van der Waals surface area (Å²) in [5, 5.41) is 25.6. The molecule has 0 saturated heterocycles. The molecule has 186 valence electrons. The number of nitrogens with one attached hydrogen (secondary N) is 2. The number of hydrogen-bond donors (Lipinski definition) is 3. The van der Waals surface area contributed by atoms with Crippen molar-refractivity contribution in [2.24, 2.45) is 0 Å². The van der Waals surface area contributed by atoms with Crippen LogP contribution in [0.3, 0.4) is 0 Å². The Morgan fingerprint density at radius 1 is 1.22 bits per heavy atom. The molecular formula is C26H22ClN2O7-. The molecule has 0 fully saturated rings. The predicted octanol–water partition coefficient (Wildman–Crippen LogP) is 2.37. The SMILES string of the molecule is C[C@H](Oc1cc2oc(=O)c3c(c2cc1Cl)CCC3)C(=O)N[C@@H](Cc1c[nH]c2ccc(O)cc12)C(=O)[O-]. The van der Waals surface area contributed by atoms with Gasteiger partial charge in [0.15, 0.2) is 6.10 Å². The van der Waals surface area contributed by atoms with Crippen molar-refractivity contribution >= 4 is 45.3 Å². The number of hydrogen-bond acceptors (Lipinski definition) is 7. The maximum absolute atomic E-state index is 12.8. The number of aromatic hydroxyl groups is 1. The van der Waals surface area contributed by atoms with E-state index in [1.807, 2.05) is 0 Å². The molecule has 5 rings (SSSR count). The molecule has 0 aliphatic heterocycles. The fraction of sp³-hybridized carbons (Fsp3) is 0.269. The van der Waals surface area contributed by atoms with E-state index in [1.54, 1.807) is 18.3 Å². The number of aliphatic carboxylic acids is 1. The van der Waals surface area contributed by atoms with E-state index in [2.05, 4.69) is 10.3 Å². The Morgan fingerprint density at radius 2 is 2.00 bits per heavy atom. The topological polar surface area (TPSA) is 145 Å². The van der Waals surface area contributed by atoms with Gasteiger partial charge >= 0.3 is 5.63 Å². The third kappa shape index (κ3) is 4.37. The number of aromatic amines is 1. The smallest absolute Gasteiger partial charge is 0.339 e. The van der Waals surface area contributed by atoms with Gasteiger partial charge in [-0.3, -0.25) is 4.79 Å². The standard InChI is InChI=1S/C26H23ClN2O7/c1-12(35-23-10-22-18(9-19(23)27)15-3-2-4-16(15)26(34)36-22)24(31)29-21(25(32)33)7-13-11-28-20-6-5-14(30)8-17(13)20/h5-6,8-12,21,28,30H,2-4,7H2,1H3,(H,29,31)(H,32,33)/p-1/t12-,21-/m0/s1. The third-order valence-electron chi connectivity index (χ3n) is 6.48. The van der Waals surface area contributed by atoms with E-state index >= 15 is 0 Å². The molecule has 2 aromatic carbocycles. The number of carbonyl (C=O) groups excluding carboxylic acids is 2. The highest BCUT2D eigenvalue weighted by Gasteiger charge is 2.24. The number of ether oxygens (including phenoxy) is 1. The van der Waals surface area contributed by atoms with Gasteiger partial charge in [0.05, 0.1) is 17.0 Å². The zero-order valence-corrected chi connectivity index (χ0v) is 20.0. The normalized spacial score (nSPS) is 14.5. The highest BCUT2D eigenvalue weighted by atomic mass is 35.5. The Kier molecular flexibility index (Phi) is 6.09. The van der Waals surface area contributed by atoms with Gasteiger partial charge < -0.3 is 34.5 Å². The van der Waals surface area contributed by atoms with Gasteiger partial charge in [0.25, 0.3) is 5.91 Å². The van der Waals surface area contributed by atoms with Crippen LogP contribution < -0.4 is 20.8 Å². The second-order valence-corrected chi connectivity index (χ2v) is 9.27. The Labute approximate surface area is 209 Å². The first-order valence-corrected chi connectivity index (χ1v) is 11.8. The second kappa shape index (κ2) is 9.23. The number of phenols is 1. The van der Waals surface area contributed by atoms with Gasteiger partial charge in [-0.25, -0.2) is 4.79 Å². The molecule has 1 aliphatic rings. The number of amides is 1. The third-order valence-corrected chi connectivity index (χ3v) is 6.77. The molecule has 0 bridgehead atoms. The predicted molar refractivity (Wildman–Crippen MR) is 130 cm³/mol. The van der Waals surface area contributed by atoms with E-state index in [-0.39, 0.29) is 22.9 Å². The van der Waals surface area contributed by atoms with Crippen LogP contribution in [-0.4, -0.2) is 34.1 Å². The van der Waals surface area contributed by atoms with Crippen molar-refractivity contribution < 1.29 is 29.0 Å². The Bertz CT molecular complexity index is 1570. The van der Waals surface area contributed by atoms with Crippen LogP contribution >= 0.6 is 11.6 Å². The monoisotopic (exact) mass is 509 g/mol. The fourth-order valence-electron chi connectivity index (χ4n) is 4.65. The van der Waals surface area contributed by atoms with Crippen LogP contribution in [0.5, 0.6) is 11.5 Å². The van der Waals surface area contributed by atoms with E-state index in [0.29, 0.717) is 34.0 Å². The zero-order chi connectivity index (χ0) is 25.6. The maximum atomic E-state index is 12.8. The van der Waals surface area contributed by atoms with E-state index in [4.69, 9.17) is 20.8 Å². The molecule has 0 unspecified atom stereocenters. The van der Waals surface area contributed by atoms with Crippen molar-refractivity contribution in [2.45, 2.75) is 44.8 Å². The molecule has 0 radical (unpaired) electrons. The lowest BCUT2D eigenvalue weighted by molar-refractivity contribution is -0.308. The first-order valence-electron chi connectivity index (χ1n) is 11.5. The van der Waals surface area contributed by atoms with Crippen molar-refractivity contribution in [3.8, 4) is 11.5 Å². The van der Waals surface area contributed by atoms with E-state index in [9.17, 15) is 24.6 Å². The quantitative estimate of drug-likeness (QED) is 0.324. The van der Waals surface area contributed by atoms with Crippen LogP contribution in [0.4, 0.5) is 0 Å². The summed E-state index contributed by atoms with van der Waals surface area (Å²) < 4.78 is 11.2. The first-order chi connectivity index (χ1) is 17.2. The summed E-state index contributed by atoms with van der Waals surface area (Å²) in [5.74, 6) is -2.00. The summed E-state index contributed by atoms with van der Waals surface area (Å²) in [6, 6.07) is 6.46. The number of halogens is 1. The largest absolute Gasteiger partial charge is 0.548 e. The van der Waals surface area contributed by atoms with Crippen molar-refractivity contribution in [1.82, 2.24) is 10.3 Å². The van der Waals surface area contributed by atoms with Crippen molar-refractivity contribution in [1.29, 1.82) is 0 Å². The minimum absolute atomic E-state index is 0.0347. The number of phenolic OH excluding ortho intramolecular Hbond substituents is 1. The number of carboxylic acids is 1. The summed E-state index contributed by atoms with van der Waals surface area (Å²) in [5.41, 5.74) is 2.80. The van der Waals surface area contributed by atoms with Gasteiger partial charge in [-0.15, -0.1) is 0 Å². The van der Waals surface area contributed by atoms with Crippen LogP contribution in [0, 0.1) is 0 Å². The molecule has 3 N–H and O–H groups in total. The molecule has 0 saturated carbocycles. The number of carboxylic acid groups (broad SMARTS) is 1. The number of H-pyrrole nitrogens is 1. The van der Waals surface area contributed by atoms with Crippen LogP contribution in [-0.2, 0) is 28.9 Å². The molecule has 0 spiro atoms. The van der Waals surface area contributed by atoms with Crippen molar-refractivity contribution in [3.05, 3.63) is 68.7 Å². The van der Waals surface area contributed by atoms with Crippen LogP contribution in [0.2, 0.25) is 5.02 Å². The molecule has 2 aromatic heterocycles. The summed E-state index contributed by atoms with van der Waals surface area (Å²) in [4.78, 5) is 39.9. The summed E-state index contributed by atoms with van der Waals surface area (Å²) in [6.07, 6.45) is 2.72. The van der Waals surface area contributed by atoms with Crippen LogP contribution in [0.15, 0.2) is 45.7 Å². The molecule has 1 aliphatic carbocycles. The number of fused-ring (bicyclic) bond motifs is 4. The Balaban J connectivity index is 1.33. The summed E-state index contributed by atoms with van der Waals surface area (Å²) in [7, 11) is 0. The fourth-order valence-corrected chi connectivity index (χ4v) is 4.86. The van der Waals surface area contributed by atoms with Gasteiger partial charge in [0.1, 0.15) is 17.1 Å².